The molecule has 1 aromatic rings. The quantitative estimate of drug-likeness (QED) is 0.893. The van der Waals surface area contributed by atoms with Gasteiger partial charge >= 0.3 is 0 Å². The van der Waals surface area contributed by atoms with Crippen LogP contribution < -0.4 is 5.73 Å². The fourth-order valence-corrected chi connectivity index (χ4v) is 3.21. The Morgan fingerprint density at radius 2 is 2.11 bits per heavy atom. The van der Waals surface area contributed by atoms with Gasteiger partial charge in [0.15, 0.2) is 0 Å². The van der Waals surface area contributed by atoms with Crippen LogP contribution in [-0.2, 0) is 0 Å². The van der Waals surface area contributed by atoms with Gasteiger partial charge in [-0.3, -0.25) is 4.90 Å². The molecular formula is C15H23FN2. The molecule has 0 amide bonds. The molecule has 0 spiro atoms. The highest BCUT2D eigenvalue weighted by Crippen LogP contribution is 2.33. The van der Waals surface area contributed by atoms with Crippen LogP contribution in [0.25, 0.3) is 0 Å². The largest absolute Gasteiger partial charge is 0.326 e. The summed E-state index contributed by atoms with van der Waals surface area (Å²) < 4.78 is 13.4. The first-order chi connectivity index (χ1) is 8.49. The minimum atomic E-state index is -0.182. The molecule has 1 aliphatic heterocycles. The number of hydrogen-bond acceptors (Lipinski definition) is 2. The van der Waals surface area contributed by atoms with E-state index >= 15 is 0 Å². The molecule has 2 N–H and O–H groups in total. The molecule has 2 rings (SSSR count). The number of benzene rings is 1. The van der Waals surface area contributed by atoms with E-state index < -0.39 is 0 Å². The maximum atomic E-state index is 13.4. The number of rotatable bonds is 3. The second-order valence-corrected chi connectivity index (χ2v) is 5.75. The van der Waals surface area contributed by atoms with Crippen molar-refractivity contribution in [2.24, 2.45) is 11.7 Å². The van der Waals surface area contributed by atoms with Crippen molar-refractivity contribution in [1.29, 1.82) is 0 Å². The molecule has 4 atom stereocenters. The third kappa shape index (κ3) is 2.73. The van der Waals surface area contributed by atoms with Crippen molar-refractivity contribution in [3.63, 3.8) is 0 Å². The number of likely N-dealkylation sites (tertiary alicyclic amines) is 1. The monoisotopic (exact) mass is 250 g/mol. The van der Waals surface area contributed by atoms with Crippen molar-refractivity contribution in [2.75, 3.05) is 6.54 Å². The van der Waals surface area contributed by atoms with E-state index in [1.165, 1.54) is 12.5 Å². The van der Waals surface area contributed by atoms with Crippen LogP contribution >= 0.6 is 0 Å². The van der Waals surface area contributed by atoms with Gasteiger partial charge in [0.25, 0.3) is 0 Å². The van der Waals surface area contributed by atoms with Crippen LogP contribution in [0.15, 0.2) is 24.3 Å². The highest BCUT2D eigenvalue weighted by molar-refractivity contribution is 5.22. The van der Waals surface area contributed by atoms with Gasteiger partial charge in [-0.05, 0) is 43.9 Å². The molecule has 1 saturated heterocycles. The summed E-state index contributed by atoms with van der Waals surface area (Å²) >= 11 is 0. The zero-order chi connectivity index (χ0) is 13.3. The van der Waals surface area contributed by atoms with Crippen LogP contribution in [0.2, 0.25) is 0 Å². The van der Waals surface area contributed by atoms with Gasteiger partial charge in [0.1, 0.15) is 5.82 Å². The average molecular weight is 250 g/mol. The van der Waals surface area contributed by atoms with Crippen molar-refractivity contribution < 1.29 is 4.39 Å². The highest BCUT2D eigenvalue weighted by atomic mass is 19.1. The number of halogens is 1. The fraction of sp³-hybridized carbons (Fsp3) is 0.600. The normalized spacial score (nSPS) is 28.3. The van der Waals surface area contributed by atoms with Gasteiger partial charge in [-0.1, -0.05) is 19.1 Å². The molecule has 18 heavy (non-hydrogen) atoms. The Hall–Kier alpha value is -0.930. The average Bonchev–Trinajstić information content (AvgIpc) is 2.58. The minimum absolute atomic E-state index is 0.000417. The zero-order valence-corrected chi connectivity index (χ0v) is 11.4. The summed E-state index contributed by atoms with van der Waals surface area (Å²) in [7, 11) is 0. The van der Waals surface area contributed by atoms with Gasteiger partial charge in [-0.25, -0.2) is 4.39 Å². The van der Waals surface area contributed by atoms with E-state index in [-0.39, 0.29) is 17.9 Å². The predicted octanol–water partition coefficient (Wildman–Crippen LogP) is 2.94. The van der Waals surface area contributed by atoms with E-state index in [0.29, 0.717) is 12.0 Å². The molecule has 1 heterocycles. The summed E-state index contributed by atoms with van der Waals surface area (Å²) in [5.74, 6) is 0.507. The van der Waals surface area contributed by atoms with Gasteiger partial charge in [-0.15, -0.1) is 0 Å². The molecule has 0 radical (unpaired) electrons. The fourth-order valence-electron chi connectivity index (χ4n) is 3.21. The van der Waals surface area contributed by atoms with Gasteiger partial charge in [0.2, 0.25) is 0 Å². The SMILES string of the molecule is CC1CC(C)N(C(c2cccc(F)c2)C(C)N)C1. The Bertz CT molecular complexity index is 405. The Morgan fingerprint density at radius 3 is 2.61 bits per heavy atom. The van der Waals surface area contributed by atoms with E-state index in [4.69, 9.17) is 5.73 Å². The Balaban J connectivity index is 2.29. The molecule has 2 nitrogen and oxygen atoms in total. The topological polar surface area (TPSA) is 29.3 Å². The van der Waals surface area contributed by atoms with Crippen LogP contribution in [0, 0.1) is 11.7 Å². The predicted molar refractivity (Wildman–Crippen MR) is 72.7 cm³/mol. The maximum Gasteiger partial charge on any atom is 0.123 e. The second-order valence-electron chi connectivity index (χ2n) is 5.75. The van der Waals surface area contributed by atoms with E-state index in [1.54, 1.807) is 12.1 Å². The number of nitrogens with two attached hydrogens (primary N) is 1. The molecule has 0 saturated carbocycles. The summed E-state index contributed by atoms with van der Waals surface area (Å²) in [4.78, 5) is 2.42. The van der Waals surface area contributed by atoms with Crippen molar-refractivity contribution in [3.8, 4) is 0 Å². The van der Waals surface area contributed by atoms with Gasteiger partial charge in [0, 0.05) is 24.7 Å². The van der Waals surface area contributed by atoms with Crippen molar-refractivity contribution >= 4 is 0 Å². The number of nitrogens with zero attached hydrogens (tertiary/aromatic N) is 1. The van der Waals surface area contributed by atoms with Crippen LogP contribution in [-0.4, -0.2) is 23.5 Å². The summed E-state index contributed by atoms with van der Waals surface area (Å²) in [6, 6.07) is 7.47. The molecule has 1 aliphatic rings. The third-order valence-corrected chi connectivity index (χ3v) is 3.88. The first kappa shape index (κ1) is 13.5. The Morgan fingerprint density at radius 1 is 1.39 bits per heavy atom. The molecular weight excluding hydrogens is 227 g/mol. The Kier molecular flexibility index (Phi) is 4.03. The van der Waals surface area contributed by atoms with Crippen LogP contribution in [0.1, 0.15) is 38.8 Å². The van der Waals surface area contributed by atoms with Gasteiger partial charge < -0.3 is 5.73 Å². The highest BCUT2D eigenvalue weighted by Gasteiger charge is 2.34. The molecule has 1 fully saturated rings. The first-order valence-electron chi connectivity index (χ1n) is 6.76. The second kappa shape index (κ2) is 5.37. The zero-order valence-electron chi connectivity index (χ0n) is 11.4. The molecule has 1 aromatic carbocycles. The third-order valence-electron chi connectivity index (χ3n) is 3.88. The minimum Gasteiger partial charge on any atom is -0.326 e. The van der Waals surface area contributed by atoms with Gasteiger partial charge in [-0.2, -0.15) is 0 Å². The van der Waals surface area contributed by atoms with Crippen LogP contribution in [0.5, 0.6) is 0 Å². The molecule has 0 bridgehead atoms. The summed E-state index contributed by atoms with van der Waals surface area (Å²) in [5, 5.41) is 0. The van der Waals surface area contributed by atoms with Crippen molar-refractivity contribution in [1.82, 2.24) is 4.90 Å². The molecule has 100 valence electrons. The number of hydrogen-bond donors (Lipinski definition) is 1. The van der Waals surface area contributed by atoms with Crippen molar-refractivity contribution in [3.05, 3.63) is 35.6 Å². The van der Waals surface area contributed by atoms with E-state index in [2.05, 4.69) is 18.7 Å². The van der Waals surface area contributed by atoms with E-state index in [1.807, 2.05) is 13.0 Å². The molecule has 4 unspecified atom stereocenters. The molecule has 0 aromatic heterocycles. The molecule has 0 aliphatic carbocycles. The van der Waals surface area contributed by atoms with E-state index in [9.17, 15) is 4.39 Å². The lowest BCUT2D eigenvalue weighted by Crippen LogP contribution is -2.41. The smallest absolute Gasteiger partial charge is 0.123 e. The van der Waals surface area contributed by atoms with Gasteiger partial charge in [0.05, 0.1) is 0 Å². The van der Waals surface area contributed by atoms with Crippen molar-refractivity contribution in [2.45, 2.75) is 45.3 Å². The summed E-state index contributed by atoms with van der Waals surface area (Å²) in [6.45, 7) is 7.55. The lowest BCUT2D eigenvalue weighted by atomic mass is 9.98. The summed E-state index contributed by atoms with van der Waals surface area (Å²) in [5.41, 5.74) is 7.13. The lowest BCUT2D eigenvalue weighted by molar-refractivity contribution is 0.167. The first-order valence-corrected chi connectivity index (χ1v) is 6.76. The van der Waals surface area contributed by atoms with E-state index in [0.717, 1.165) is 12.1 Å². The standard InChI is InChI=1S/C15H23FN2/c1-10-7-11(2)18(9-10)15(12(3)17)13-5-4-6-14(16)8-13/h4-6,8,10-12,15H,7,9,17H2,1-3H3. The van der Waals surface area contributed by atoms with Crippen LogP contribution in [0.3, 0.4) is 0 Å². The van der Waals surface area contributed by atoms with Crippen LogP contribution in [0.4, 0.5) is 4.39 Å². The Labute approximate surface area is 109 Å². The molecule has 3 heteroatoms. The maximum absolute atomic E-state index is 13.4. The lowest BCUT2D eigenvalue weighted by Gasteiger charge is -2.34. The summed E-state index contributed by atoms with van der Waals surface area (Å²) in [6.07, 6.45) is 1.19.